The van der Waals surface area contributed by atoms with Crippen LogP contribution < -0.4 is 10.3 Å². The van der Waals surface area contributed by atoms with Gasteiger partial charge in [-0.2, -0.15) is 5.10 Å². The molecule has 4 aromatic carbocycles. The van der Waals surface area contributed by atoms with Gasteiger partial charge >= 0.3 is 0 Å². The van der Waals surface area contributed by atoms with E-state index < -0.39 is 0 Å². The predicted molar refractivity (Wildman–Crippen MR) is 203 cm³/mol. The van der Waals surface area contributed by atoms with E-state index in [0.717, 1.165) is 60.8 Å². The molecule has 0 unspecified atom stereocenters. The molecule has 3 aromatic heterocycles. The summed E-state index contributed by atoms with van der Waals surface area (Å²) in [5.74, 6) is 0.731. The molecule has 0 saturated heterocycles. The zero-order valence-corrected chi connectivity index (χ0v) is 30.7. The van der Waals surface area contributed by atoms with Crippen LogP contribution in [0.4, 0.5) is 0 Å². The van der Waals surface area contributed by atoms with Crippen molar-refractivity contribution < 1.29 is 9.53 Å². The van der Waals surface area contributed by atoms with Crippen LogP contribution in [0.25, 0.3) is 22.6 Å². The van der Waals surface area contributed by atoms with Crippen LogP contribution in [-0.4, -0.2) is 53.6 Å². The first-order chi connectivity index (χ1) is 25.3. The summed E-state index contributed by atoms with van der Waals surface area (Å²) in [5, 5.41) is 13.7. The van der Waals surface area contributed by atoms with Crippen molar-refractivity contribution in [3.8, 4) is 22.7 Å². The Labute approximate surface area is 309 Å². The number of fused-ring (bicyclic) bond motifs is 3. The van der Waals surface area contributed by atoms with Crippen LogP contribution in [0, 0.1) is 13.8 Å². The molecule has 260 valence electrons. The van der Waals surface area contributed by atoms with Gasteiger partial charge < -0.3 is 9.64 Å². The first kappa shape index (κ1) is 33.3. The summed E-state index contributed by atoms with van der Waals surface area (Å²) in [7, 11) is 1.65. The van der Waals surface area contributed by atoms with E-state index in [1.165, 1.54) is 0 Å². The van der Waals surface area contributed by atoms with E-state index >= 15 is 0 Å². The smallest absolute Gasteiger partial charge is 0.261 e. The molecule has 11 heteroatoms. The molecule has 0 bridgehead atoms. The van der Waals surface area contributed by atoms with Crippen LogP contribution in [-0.2, 0) is 25.9 Å². The largest absolute Gasteiger partial charge is 0.497 e. The van der Waals surface area contributed by atoms with Crippen molar-refractivity contribution in [1.82, 2.24) is 34.1 Å². The van der Waals surface area contributed by atoms with Gasteiger partial charge in [-0.3, -0.25) is 14.2 Å². The maximum Gasteiger partial charge on any atom is 0.261 e. The van der Waals surface area contributed by atoms with E-state index in [2.05, 4.69) is 38.4 Å². The molecule has 0 spiro atoms. The third kappa shape index (κ3) is 6.11. The minimum absolute atomic E-state index is 0.0677. The lowest BCUT2D eigenvalue weighted by Gasteiger charge is -2.30. The van der Waals surface area contributed by atoms with Crippen molar-refractivity contribution in [1.29, 1.82) is 0 Å². The summed E-state index contributed by atoms with van der Waals surface area (Å²) in [5.41, 5.74) is 10.1. The van der Waals surface area contributed by atoms with E-state index in [4.69, 9.17) is 9.84 Å². The Morgan fingerprint density at radius 1 is 0.923 bits per heavy atom. The number of amides is 1. The van der Waals surface area contributed by atoms with Gasteiger partial charge in [0.2, 0.25) is 0 Å². The molecule has 7 aromatic rings. The number of nitrogens with zero attached hydrogens (tertiary/aromatic N) is 7. The van der Waals surface area contributed by atoms with Crippen molar-refractivity contribution >= 4 is 27.5 Å². The minimum Gasteiger partial charge on any atom is -0.497 e. The van der Waals surface area contributed by atoms with Crippen LogP contribution in [0.5, 0.6) is 5.75 Å². The highest BCUT2D eigenvalue weighted by atomic mass is 79.9. The number of methoxy groups -OCH3 is 1. The van der Waals surface area contributed by atoms with Crippen LogP contribution in [0.1, 0.15) is 49.6 Å². The van der Waals surface area contributed by atoms with Gasteiger partial charge in [0.05, 0.1) is 49.2 Å². The molecule has 1 aliphatic rings. The average Bonchev–Trinajstić information content (AvgIpc) is 3.75. The third-order valence-corrected chi connectivity index (χ3v) is 10.7. The number of hydrogen-bond acceptors (Lipinski definition) is 6. The fourth-order valence-corrected chi connectivity index (χ4v) is 7.32. The summed E-state index contributed by atoms with van der Waals surface area (Å²) in [6.07, 6.45) is 2.86. The summed E-state index contributed by atoms with van der Waals surface area (Å²) in [6.45, 7) is 5.19. The third-order valence-electron chi connectivity index (χ3n) is 9.79. The Balaban J connectivity index is 1.19. The molecular formula is C41H36BrN7O3. The van der Waals surface area contributed by atoms with Crippen molar-refractivity contribution in [3.05, 3.63) is 163 Å². The maximum atomic E-state index is 14.6. The first-order valence-electron chi connectivity index (χ1n) is 17.2. The number of rotatable bonds is 8. The van der Waals surface area contributed by atoms with Gasteiger partial charge in [0.15, 0.2) is 0 Å². The van der Waals surface area contributed by atoms with Crippen molar-refractivity contribution in [2.45, 2.75) is 39.8 Å². The van der Waals surface area contributed by atoms with E-state index in [1.807, 2.05) is 119 Å². The number of aryl methyl sites for hydroxylation is 2. The number of ether oxygens (including phenoxy) is 1. The number of aromatic nitrogens is 6. The number of hydrogen-bond donors (Lipinski definition) is 0. The molecule has 1 aliphatic heterocycles. The molecule has 0 N–H and O–H groups in total. The maximum absolute atomic E-state index is 14.6. The quantitative estimate of drug-likeness (QED) is 0.166. The lowest BCUT2D eigenvalue weighted by molar-refractivity contribution is 0.0729. The highest BCUT2D eigenvalue weighted by molar-refractivity contribution is 9.10. The zero-order valence-electron chi connectivity index (χ0n) is 29.1. The Morgan fingerprint density at radius 3 is 2.42 bits per heavy atom. The van der Waals surface area contributed by atoms with Gasteiger partial charge in [0.1, 0.15) is 11.4 Å². The first-order valence-corrected chi connectivity index (χ1v) is 17.9. The van der Waals surface area contributed by atoms with Gasteiger partial charge in [-0.25, -0.2) is 9.20 Å². The minimum atomic E-state index is -0.0981. The predicted octanol–water partition coefficient (Wildman–Crippen LogP) is 6.97. The van der Waals surface area contributed by atoms with Gasteiger partial charge in [-0.05, 0) is 79.4 Å². The Morgan fingerprint density at radius 2 is 1.69 bits per heavy atom. The molecule has 52 heavy (non-hydrogen) atoms. The average molecular weight is 755 g/mol. The molecule has 10 nitrogen and oxygen atoms in total. The fraction of sp³-hybridized carbons (Fsp3) is 0.195. The second kappa shape index (κ2) is 13.7. The normalized spacial score (nSPS) is 12.7. The standard InChI is InChI=1S/C41H36BrN7O3/c1-26-21-31(13-18-36(26)42)40(50)46-20-19-35-37(25-46)49-39(32(23-43-49)22-28-7-5-4-6-8-28)48(41(35)51)33-14-11-30(12-15-33)38-27(2)44-45-47(38)24-29-9-16-34(52-3)17-10-29/h4-18,21,23H,19-20,22,24-25H2,1-3H3. The van der Waals surface area contributed by atoms with Crippen molar-refractivity contribution in [2.24, 2.45) is 0 Å². The van der Waals surface area contributed by atoms with Crippen LogP contribution in [0.3, 0.4) is 0 Å². The summed E-state index contributed by atoms with van der Waals surface area (Å²) in [4.78, 5) is 30.1. The highest BCUT2D eigenvalue weighted by Crippen LogP contribution is 2.28. The van der Waals surface area contributed by atoms with Gasteiger partial charge in [0, 0.05) is 39.7 Å². The van der Waals surface area contributed by atoms with Gasteiger partial charge in [-0.1, -0.05) is 75.7 Å². The zero-order chi connectivity index (χ0) is 35.9. The van der Waals surface area contributed by atoms with E-state index in [-0.39, 0.29) is 18.0 Å². The molecule has 0 saturated carbocycles. The summed E-state index contributed by atoms with van der Waals surface area (Å²) >= 11 is 3.54. The molecule has 0 aliphatic carbocycles. The molecule has 0 radical (unpaired) electrons. The van der Waals surface area contributed by atoms with Crippen LogP contribution in [0.2, 0.25) is 0 Å². The number of halogens is 1. The molecule has 1 amide bonds. The van der Waals surface area contributed by atoms with Crippen molar-refractivity contribution in [2.75, 3.05) is 13.7 Å². The second-order valence-electron chi connectivity index (χ2n) is 13.2. The number of carbonyl (C=O) groups excluding carboxylic acids is 1. The van der Waals surface area contributed by atoms with E-state index in [0.29, 0.717) is 42.7 Å². The lowest BCUT2D eigenvalue weighted by Crippen LogP contribution is -2.41. The molecule has 0 atom stereocenters. The molecule has 4 heterocycles. The Hall–Kier alpha value is -5.81. The fourth-order valence-electron chi connectivity index (χ4n) is 7.07. The summed E-state index contributed by atoms with van der Waals surface area (Å²) in [6, 6.07) is 31.7. The van der Waals surface area contributed by atoms with Gasteiger partial charge in [0.25, 0.3) is 11.5 Å². The molecular weight excluding hydrogens is 718 g/mol. The topological polar surface area (TPSA) is 99.5 Å². The molecule has 0 fully saturated rings. The van der Waals surface area contributed by atoms with Gasteiger partial charge in [-0.15, -0.1) is 5.10 Å². The Kier molecular flexibility index (Phi) is 8.80. The highest BCUT2D eigenvalue weighted by Gasteiger charge is 2.29. The van der Waals surface area contributed by atoms with Crippen LogP contribution in [0.15, 0.2) is 113 Å². The summed E-state index contributed by atoms with van der Waals surface area (Å²) < 4.78 is 11.8. The Bertz CT molecular complexity index is 2500. The second-order valence-corrected chi connectivity index (χ2v) is 14.0. The number of carbonyl (C=O) groups is 1. The molecule has 8 rings (SSSR count). The van der Waals surface area contributed by atoms with E-state index in [1.54, 1.807) is 11.7 Å². The lowest BCUT2D eigenvalue weighted by atomic mass is 10.0. The SMILES string of the molecule is COc1ccc(Cn2nnc(C)c2-c2ccc(-n3c(=O)c4c(n5ncc(Cc6ccccc6)c35)CN(C(=O)c3ccc(Br)c(C)c3)CC4)cc2)cc1. The van der Waals surface area contributed by atoms with Crippen LogP contribution >= 0.6 is 15.9 Å². The monoisotopic (exact) mass is 753 g/mol. The van der Waals surface area contributed by atoms with Crippen molar-refractivity contribution in [3.63, 3.8) is 0 Å². The van der Waals surface area contributed by atoms with E-state index in [9.17, 15) is 9.59 Å². The number of benzene rings is 4.